The lowest BCUT2D eigenvalue weighted by molar-refractivity contribution is 0.0302. The van der Waals surface area contributed by atoms with Crippen molar-refractivity contribution >= 4 is 17.7 Å². The number of amides is 1. The van der Waals surface area contributed by atoms with Gasteiger partial charge in [-0.1, -0.05) is 60.3 Å². The van der Waals surface area contributed by atoms with Crippen molar-refractivity contribution in [1.29, 1.82) is 0 Å². The molecule has 0 saturated carbocycles. The fourth-order valence-corrected chi connectivity index (χ4v) is 5.04. The summed E-state index contributed by atoms with van der Waals surface area (Å²) in [6.07, 6.45) is 0.595. The second-order valence-electron chi connectivity index (χ2n) is 8.22. The van der Waals surface area contributed by atoms with Crippen LogP contribution in [0.1, 0.15) is 27.3 Å². The van der Waals surface area contributed by atoms with Crippen LogP contribution in [0.15, 0.2) is 84.0 Å². The van der Waals surface area contributed by atoms with E-state index in [0.29, 0.717) is 49.2 Å². The van der Waals surface area contributed by atoms with Crippen molar-refractivity contribution in [3.63, 3.8) is 0 Å². The maximum Gasteiger partial charge on any atom is 0.254 e. The molecule has 0 aliphatic carbocycles. The van der Waals surface area contributed by atoms with Crippen molar-refractivity contribution in [3.05, 3.63) is 107 Å². The summed E-state index contributed by atoms with van der Waals surface area (Å²) in [5.74, 6) is 1.05. The van der Waals surface area contributed by atoms with Crippen molar-refractivity contribution in [3.8, 4) is 5.69 Å². The van der Waals surface area contributed by atoms with Crippen LogP contribution in [0, 0.1) is 5.82 Å². The number of hydrogen-bond acceptors (Lipinski definition) is 5. The zero-order chi connectivity index (χ0) is 24.0. The summed E-state index contributed by atoms with van der Waals surface area (Å²) in [6, 6.07) is 24.1. The van der Waals surface area contributed by atoms with Crippen molar-refractivity contribution < 1.29 is 13.9 Å². The Morgan fingerprint density at radius 3 is 2.40 bits per heavy atom. The van der Waals surface area contributed by atoms with E-state index >= 15 is 0 Å². The van der Waals surface area contributed by atoms with Gasteiger partial charge in [-0.2, -0.15) is 0 Å². The second-order valence-corrected chi connectivity index (χ2v) is 9.17. The molecule has 0 radical (unpaired) electrons. The average Bonchev–Trinajstić information content (AvgIpc) is 3.31. The summed E-state index contributed by atoms with van der Waals surface area (Å²) >= 11 is 1.51. The molecule has 0 bridgehead atoms. The molecule has 1 saturated heterocycles. The fourth-order valence-electron chi connectivity index (χ4n) is 4.07. The first-order valence-corrected chi connectivity index (χ1v) is 12.5. The number of halogens is 1. The number of hydrogen-bond donors (Lipinski definition) is 0. The van der Waals surface area contributed by atoms with Crippen LogP contribution >= 0.6 is 11.8 Å². The van der Waals surface area contributed by atoms with Gasteiger partial charge in [0.15, 0.2) is 5.16 Å². The largest absolute Gasteiger partial charge is 0.378 e. The standard InChI is InChI=1S/C27H25FN4O2S/c28-22-10-12-23(13-11-22)32-25(18-20-6-2-1-3-7-20)29-30-27(32)35-19-21-8-4-5-9-24(21)26(33)31-14-16-34-17-15-31/h1-13H,14-19H2. The monoisotopic (exact) mass is 488 g/mol. The van der Waals surface area contributed by atoms with E-state index in [4.69, 9.17) is 4.74 Å². The number of morpholine rings is 1. The molecule has 0 N–H and O–H groups in total. The molecular weight excluding hydrogens is 463 g/mol. The third-order valence-corrected chi connectivity index (χ3v) is 6.87. The lowest BCUT2D eigenvalue weighted by Crippen LogP contribution is -2.41. The maximum atomic E-state index is 13.6. The molecule has 0 atom stereocenters. The molecule has 4 aromatic rings. The van der Waals surface area contributed by atoms with E-state index in [2.05, 4.69) is 10.2 Å². The summed E-state index contributed by atoms with van der Waals surface area (Å²) in [5.41, 5.74) is 3.54. The van der Waals surface area contributed by atoms with Gasteiger partial charge in [0.1, 0.15) is 11.6 Å². The molecule has 5 rings (SSSR count). The lowest BCUT2D eigenvalue weighted by Gasteiger charge is -2.27. The van der Waals surface area contributed by atoms with E-state index in [1.54, 1.807) is 12.1 Å². The highest BCUT2D eigenvalue weighted by Crippen LogP contribution is 2.28. The van der Waals surface area contributed by atoms with Gasteiger partial charge in [-0.15, -0.1) is 10.2 Å². The van der Waals surface area contributed by atoms with Gasteiger partial charge in [0.25, 0.3) is 5.91 Å². The highest BCUT2D eigenvalue weighted by molar-refractivity contribution is 7.98. The Morgan fingerprint density at radius 1 is 0.914 bits per heavy atom. The summed E-state index contributed by atoms with van der Waals surface area (Å²) in [5, 5.41) is 9.61. The predicted molar refractivity (Wildman–Crippen MR) is 133 cm³/mol. The van der Waals surface area contributed by atoms with Crippen LogP contribution in [0.4, 0.5) is 4.39 Å². The number of ether oxygens (including phenoxy) is 1. The number of carbonyl (C=O) groups is 1. The summed E-state index contributed by atoms with van der Waals surface area (Å²) in [6.45, 7) is 2.32. The molecule has 1 aliphatic rings. The molecule has 178 valence electrons. The third-order valence-electron chi connectivity index (χ3n) is 5.89. The molecule has 0 unspecified atom stereocenters. The van der Waals surface area contributed by atoms with E-state index < -0.39 is 0 Å². The molecular formula is C27H25FN4O2S. The minimum absolute atomic E-state index is 0.0225. The number of carbonyl (C=O) groups excluding carboxylic acids is 1. The summed E-state index contributed by atoms with van der Waals surface area (Å²) < 4.78 is 21.0. The summed E-state index contributed by atoms with van der Waals surface area (Å²) in [7, 11) is 0. The van der Waals surface area contributed by atoms with Gasteiger partial charge in [-0.05, 0) is 41.5 Å². The smallest absolute Gasteiger partial charge is 0.254 e. The molecule has 1 aromatic heterocycles. The lowest BCUT2D eigenvalue weighted by atomic mass is 10.1. The second kappa shape index (κ2) is 10.8. The van der Waals surface area contributed by atoms with Crippen LogP contribution < -0.4 is 0 Å². The Bertz CT molecular complexity index is 1290. The number of rotatable bonds is 7. The SMILES string of the molecule is O=C(c1ccccc1CSc1nnc(Cc2ccccc2)n1-c1ccc(F)cc1)N1CCOCC1. The van der Waals surface area contributed by atoms with Crippen LogP contribution in [0.2, 0.25) is 0 Å². The van der Waals surface area contributed by atoms with Crippen LogP contribution in [-0.4, -0.2) is 51.9 Å². The molecule has 3 aromatic carbocycles. The summed E-state index contributed by atoms with van der Waals surface area (Å²) in [4.78, 5) is 15.0. The molecule has 8 heteroatoms. The number of nitrogens with zero attached hydrogens (tertiary/aromatic N) is 4. The average molecular weight is 489 g/mol. The fraction of sp³-hybridized carbons (Fsp3) is 0.222. The van der Waals surface area contributed by atoms with Gasteiger partial charge in [0.05, 0.1) is 13.2 Å². The Balaban J connectivity index is 1.42. The first kappa shape index (κ1) is 23.3. The molecule has 1 aliphatic heterocycles. The molecule has 1 fully saturated rings. The predicted octanol–water partition coefficient (Wildman–Crippen LogP) is 4.76. The van der Waals surface area contributed by atoms with Crippen molar-refractivity contribution in [2.75, 3.05) is 26.3 Å². The molecule has 35 heavy (non-hydrogen) atoms. The van der Waals surface area contributed by atoms with Crippen LogP contribution in [0.5, 0.6) is 0 Å². The van der Waals surface area contributed by atoms with Gasteiger partial charge >= 0.3 is 0 Å². The normalized spacial score (nSPS) is 13.7. The zero-order valence-electron chi connectivity index (χ0n) is 19.1. The number of benzene rings is 3. The van der Waals surface area contributed by atoms with E-state index in [1.807, 2.05) is 64.1 Å². The van der Waals surface area contributed by atoms with Gasteiger partial charge in [-0.3, -0.25) is 9.36 Å². The Hall–Kier alpha value is -3.49. The van der Waals surface area contributed by atoms with E-state index in [9.17, 15) is 9.18 Å². The quantitative estimate of drug-likeness (QED) is 0.351. The molecule has 6 nitrogen and oxygen atoms in total. The third kappa shape index (κ3) is 5.44. The topological polar surface area (TPSA) is 60.2 Å². The van der Waals surface area contributed by atoms with Crippen LogP contribution in [-0.2, 0) is 16.9 Å². The first-order valence-electron chi connectivity index (χ1n) is 11.5. The van der Waals surface area contributed by atoms with Gasteiger partial charge in [0.2, 0.25) is 0 Å². The van der Waals surface area contributed by atoms with Crippen LogP contribution in [0.25, 0.3) is 5.69 Å². The van der Waals surface area contributed by atoms with Crippen molar-refractivity contribution in [2.24, 2.45) is 0 Å². The van der Waals surface area contributed by atoms with E-state index in [-0.39, 0.29) is 11.7 Å². The minimum Gasteiger partial charge on any atom is -0.378 e. The molecule has 2 heterocycles. The maximum absolute atomic E-state index is 13.6. The highest BCUT2D eigenvalue weighted by Gasteiger charge is 2.22. The molecule has 0 spiro atoms. The Kier molecular flexibility index (Phi) is 7.20. The minimum atomic E-state index is -0.295. The van der Waals surface area contributed by atoms with E-state index in [1.165, 1.54) is 23.9 Å². The van der Waals surface area contributed by atoms with Crippen LogP contribution in [0.3, 0.4) is 0 Å². The highest BCUT2D eigenvalue weighted by atomic mass is 32.2. The molecule has 1 amide bonds. The Morgan fingerprint density at radius 2 is 1.63 bits per heavy atom. The number of thioether (sulfide) groups is 1. The Labute approximate surface area is 207 Å². The van der Waals surface area contributed by atoms with Gasteiger partial charge in [0, 0.05) is 36.5 Å². The zero-order valence-corrected chi connectivity index (χ0v) is 20.0. The van der Waals surface area contributed by atoms with Gasteiger partial charge in [-0.25, -0.2) is 4.39 Å². The van der Waals surface area contributed by atoms with Crippen molar-refractivity contribution in [2.45, 2.75) is 17.3 Å². The van der Waals surface area contributed by atoms with Crippen molar-refractivity contribution in [1.82, 2.24) is 19.7 Å². The first-order chi connectivity index (χ1) is 17.2. The number of aromatic nitrogens is 3. The van der Waals surface area contributed by atoms with E-state index in [0.717, 1.165) is 22.6 Å². The van der Waals surface area contributed by atoms with Gasteiger partial charge < -0.3 is 9.64 Å².